The second kappa shape index (κ2) is 8.88. The van der Waals surface area contributed by atoms with Gasteiger partial charge in [-0.1, -0.05) is 57.4 Å². The van der Waals surface area contributed by atoms with Gasteiger partial charge in [0.05, 0.1) is 12.7 Å². The molecule has 0 spiro atoms. The second-order valence-electron chi connectivity index (χ2n) is 7.76. The first-order chi connectivity index (χ1) is 12.0. The average molecular weight is 350 g/mol. The Labute approximate surface area is 153 Å². The molecule has 0 unspecified atom stereocenters. The molecular weight excluding hydrogens is 314 g/mol. The Bertz CT molecular complexity index is 513. The van der Waals surface area contributed by atoms with E-state index in [4.69, 9.17) is 9.47 Å². The first-order valence-corrected chi connectivity index (χ1v) is 9.79. The number of alkyl carbamates (subject to hydrolysis) is 1. The first-order valence-electron chi connectivity index (χ1n) is 9.79. The Balaban J connectivity index is 2.02. The van der Waals surface area contributed by atoms with E-state index in [-0.39, 0.29) is 17.6 Å². The van der Waals surface area contributed by atoms with Crippen LogP contribution in [0.3, 0.4) is 0 Å². The molecule has 5 atom stereocenters. The van der Waals surface area contributed by atoms with Crippen LogP contribution >= 0.6 is 0 Å². The lowest BCUT2D eigenvalue weighted by molar-refractivity contribution is -0.149. The number of amides is 1. The Morgan fingerprint density at radius 3 is 2.88 bits per heavy atom. The number of hydrogen-bond acceptors (Lipinski definition) is 3. The van der Waals surface area contributed by atoms with E-state index < -0.39 is 0 Å². The van der Waals surface area contributed by atoms with E-state index in [1.54, 1.807) is 0 Å². The molecule has 1 aliphatic carbocycles. The summed E-state index contributed by atoms with van der Waals surface area (Å²) in [6.45, 7) is 12.6. The molecule has 2 aliphatic rings. The van der Waals surface area contributed by atoms with Crippen LogP contribution in [0.5, 0.6) is 0 Å². The lowest BCUT2D eigenvalue weighted by atomic mass is 9.56. The van der Waals surface area contributed by atoms with Crippen LogP contribution in [0.25, 0.3) is 0 Å². The number of hydrogen-bond donors (Lipinski definition) is 1. The van der Waals surface area contributed by atoms with Crippen molar-refractivity contribution in [2.45, 2.75) is 60.0 Å². The van der Waals surface area contributed by atoms with Gasteiger partial charge in [0, 0.05) is 17.9 Å². The highest BCUT2D eigenvalue weighted by atomic mass is 16.6. The van der Waals surface area contributed by atoms with Crippen molar-refractivity contribution in [1.82, 2.24) is 5.32 Å². The van der Waals surface area contributed by atoms with Crippen molar-refractivity contribution in [1.29, 1.82) is 0 Å². The number of fused-ring (bicyclic) bond motifs is 2. The molecule has 0 aromatic rings. The topological polar surface area (TPSA) is 47.6 Å². The summed E-state index contributed by atoms with van der Waals surface area (Å²) in [7, 11) is 0. The van der Waals surface area contributed by atoms with E-state index in [0.717, 1.165) is 19.3 Å². The van der Waals surface area contributed by atoms with Gasteiger partial charge in [0.25, 0.3) is 0 Å². The maximum absolute atomic E-state index is 12.1. The predicted octanol–water partition coefficient (Wildman–Crippen LogP) is 4.71. The minimum Gasteiger partial charge on any atom is -0.449 e. The van der Waals surface area contributed by atoms with Crippen molar-refractivity contribution in [3.63, 3.8) is 0 Å². The summed E-state index contributed by atoms with van der Waals surface area (Å²) in [5.74, 6) is 1.10. The van der Waals surface area contributed by atoms with Crippen LogP contribution in [-0.2, 0) is 9.47 Å². The predicted molar refractivity (Wildman–Crippen MR) is 101 cm³/mol. The molecule has 1 saturated heterocycles. The maximum Gasteiger partial charge on any atom is 0.407 e. The van der Waals surface area contributed by atoms with Crippen LogP contribution in [0.2, 0.25) is 0 Å². The summed E-state index contributed by atoms with van der Waals surface area (Å²) in [5.41, 5.74) is 1.26. The normalized spacial score (nSPS) is 34.7. The fourth-order valence-electron chi connectivity index (χ4n) is 4.49. The molecule has 1 heterocycles. The fraction of sp³-hybridized carbons (Fsp3) is 0.762. The molecule has 0 aromatic heterocycles. The minimum absolute atomic E-state index is 0.125. The molecule has 25 heavy (non-hydrogen) atoms. The van der Waals surface area contributed by atoms with Gasteiger partial charge < -0.3 is 14.8 Å². The van der Waals surface area contributed by atoms with Crippen LogP contribution in [0.1, 0.15) is 53.9 Å². The SMILES string of the molecule is C/C=C/[C@H]1OC[C@@]2(COC(=O)NCCCCC)[C@H](C)[C@@H]1C(C)=C[C@@H]2C. The quantitative estimate of drug-likeness (QED) is 0.535. The van der Waals surface area contributed by atoms with Gasteiger partial charge in [-0.15, -0.1) is 0 Å². The third kappa shape index (κ3) is 4.28. The number of carbonyl (C=O) groups is 1. The zero-order chi connectivity index (χ0) is 18.4. The zero-order valence-corrected chi connectivity index (χ0v) is 16.5. The van der Waals surface area contributed by atoms with E-state index in [1.165, 1.54) is 5.57 Å². The van der Waals surface area contributed by atoms with E-state index in [9.17, 15) is 4.79 Å². The molecule has 142 valence electrons. The van der Waals surface area contributed by atoms with Gasteiger partial charge in [-0.3, -0.25) is 0 Å². The van der Waals surface area contributed by atoms with E-state index >= 15 is 0 Å². The Kier molecular flexibility index (Phi) is 7.12. The van der Waals surface area contributed by atoms with Crippen molar-refractivity contribution in [3.05, 3.63) is 23.8 Å². The van der Waals surface area contributed by atoms with Crippen LogP contribution in [0.15, 0.2) is 23.8 Å². The molecule has 2 bridgehead atoms. The second-order valence-corrected chi connectivity index (χ2v) is 7.76. The Morgan fingerprint density at radius 1 is 1.44 bits per heavy atom. The van der Waals surface area contributed by atoms with Gasteiger partial charge in [0.1, 0.15) is 6.61 Å². The number of carbonyl (C=O) groups excluding carboxylic acids is 1. The number of nitrogens with one attached hydrogen (secondary N) is 1. The number of ether oxygens (including phenoxy) is 2. The molecule has 1 aliphatic heterocycles. The molecule has 2 rings (SSSR count). The average Bonchev–Trinajstić information content (AvgIpc) is 2.57. The van der Waals surface area contributed by atoms with Crippen molar-refractivity contribution in [2.75, 3.05) is 19.8 Å². The highest BCUT2D eigenvalue weighted by Crippen LogP contribution is 2.52. The standard InChI is InChI=1S/C21H35NO3/c1-6-8-9-11-22-20(23)25-14-21-13-24-18(10-7-2)19(17(21)5)15(3)12-16(21)4/h7,10,12,16-19H,6,8-9,11,13-14H2,1-5H3,(H,22,23)/b10-7+/t16-,17+,18+,19-,21-/m0/s1. The maximum atomic E-state index is 12.1. The summed E-state index contributed by atoms with van der Waals surface area (Å²) in [4.78, 5) is 12.1. The van der Waals surface area contributed by atoms with Gasteiger partial charge in [-0.2, -0.15) is 0 Å². The van der Waals surface area contributed by atoms with Gasteiger partial charge in [-0.05, 0) is 32.1 Å². The van der Waals surface area contributed by atoms with Gasteiger partial charge in [0.2, 0.25) is 0 Å². The third-order valence-corrected chi connectivity index (χ3v) is 6.19. The Hall–Kier alpha value is -1.29. The van der Waals surface area contributed by atoms with Crippen molar-refractivity contribution in [3.8, 4) is 0 Å². The third-order valence-electron chi connectivity index (χ3n) is 6.19. The van der Waals surface area contributed by atoms with Gasteiger partial charge in [0.15, 0.2) is 0 Å². The summed E-state index contributed by atoms with van der Waals surface area (Å²) in [5, 5.41) is 2.87. The summed E-state index contributed by atoms with van der Waals surface area (Å²) < 4.78 is 11.8. The van der Waals surface area contributed by atoms with Crippen molar-refractivity contribution >= 4 is 6.09 Å². The molecule has 1 N–H and O–H groups in total. The van der Waals surface area contributed by atoms with Crippen LogP contribution < -0.4 is 5.32 Å². The highest BCUT2D eigenvalue weighted by molar-refractivity contribution is 5.67. The number of rotatable bonds is 7. The van der Waals surface area contributed by atoms with Crippen LogP contribution in [0, 0.1) is 23.2 Å². The van der Waals surface area contributed by atoms with Crippen molar-refractivity contribution in [2.24, 2.45) is 23.2 Å². The molecule has 1 fully saturated rings. The van der Waals surface area contributed by atoms with E-state index in [1.807, 2.05) is 6.92 Å². The molecule has 1 amide bonds. The lowest BCUT2D eigenvalue weighted by Gasteiger charge is -2.54. The minimum atomic E-state index is -0.303. The molecule has 0 radical (unpaired) electrons. The summed E-state index contributed by atoms with van der Waals surface area (Å²) in [6.07, 6.45) is 9.67. The number of unbranched alkanes of at least 4 members (excludes halogenated alkanes) is 2. The van der Waals surface area contributed by atoms with E-state index in [2.05, 4.69) is 51.2 Å². The summed E-state index contributed by atoms with van der Waals surface area (Å²) >= 11 is 0. The molecule has 0 saturated carbocycles. The molecule has 4 nitrogen and oxygen atoms in total. The van der Waals surface area contributed by atoms with Gasteiger partial charge >= 0.3 is 6.09 Å². The first kappa shape index (κ1) is 20.0. The Morgan fingerprint density at radius 2 is 2.20 bits per heavy atom. The lowest BCUT2D eigenvalue weighted by Crippen LogP contribution is -2.56. The number of allylic oxidation sites excluding steroid dienone is 2. The van der Waals surface area contributed by atoms with Crippen LogP contribution in [0.4, 0.5) is 4.79 Å². The molecular formula is C21H35NO3. The smallest absolute Gasteiger partial charge is 0.407 e. The highest BCUT2D eigenvalue weighted by Gasteiger charge is 2.53. The summed E-state index contributed by atoms with van der Waals surface area (Å²) in [6, 6.07) is 0. The zero-order valence-electron chi connectivity index (χ0n) is 16.5. The van der Waals surface area contributed by atoms with Crippen molar-refractivity contribution < 1.29 is 14.3 Å². The molecule has 0 aromatic carbocycles. The van der Waals surface area contributed by atoms with E-state index in [0.29, 0.717) is 37.5 Å². The van der Waals surface area contributed by atoms with Gasteiger partial charge in [-0.25, -0.2) is 4.79 Å². The fourth-order valence-corrected chi connectivity index (χ4v) is 4.49. The van der Waals surface area contributed by atoms with Crippen LogP contribution in [-0.4, -0.2) is 32.0 Å². The monoisotopic (exact) mass is 349 g/mol. The largest absolute Gasteiger partial charge is 0.449 e. The molecule has 4 heteroatoms.